The molecular weight excluding hydrogens is 276 g/mol. The minimum Gasteiger partial charge on any atom is -0.465 e. The first-order valence-corrected chi connectivity index (χ1v) is 9.26. The van der Waals surface area contributed by atoms with Crippen LogP contribution < -0.4 is 0 Å². The van der Waals surface area contributed by atoms with Crippen molar-refractivity contribution in [3.63, 3.8) is 0 Å². The van der Waals surface area contributed by atoms with Gasteiger partial charge in [0.2, 0.25) is 0 Å². The smallest absolute Gasteiger partial charge is 0.407 e. The van der Waals surface area contributed by atoms with E-state index in [4.69, 9.17) is 0 Å². The highest BCUT2D eigenvalue weighted by atomic mass is 16.4. The van der Waals surface area contributed by atoms with Gasteiger partial charge in [-0.3, -0.25) is 0 Å². The fourth-order valence-electron chi connectivity index (χ4n) is 3.58. The summed E-state index contributed by atoms with van der Waals surface area (Å²) < 4.78 is 0. The van der Waals surface area contributed by atoms with Gasteiger partial charge < -0.3 is 14.9 Å². The van der Waals surface area contributed by atoms with Crippen LogP contribution in [0.4, 0.5) is 4.79 Å². The Morgan fingerprint density at radius 3 is 2.41 bits per heavy atom. The Kier molecular flexibility index (Phi) is 9.53. The predicted molar refractivity (Wildman–Crippen MR) is 92.4 cm³/mol. The molecule has 0 bridgehead atoms. The van der Waals surface area contributed by atoms with Gasteiger partial charge in [0.15, 0.2) is 0 Å². The number of hydrogen-bond acceptors (Lipinski definition) is 2. The Hall–Kier alpha value is -0.770. The second kappa shape index (κ2) is 10.9. The van der Waals surface area contributed by atoms with Crippen LogP contribution >= 0.6 is 0 Å². The molecule has 0 radical (unpaired) electrons. The van der Waals surface area contributed by atoms with Crippen LogP contribution in [0.15, 0.2) is 0 Å². The van der Waals surface area contributed by atoms with Crippen LogP contribution in [0.2, 0.25) is 0 Å². The molecule has 2 atom stereocenters. The molecule has 22 heavy (non-hydrogen) atoms. The van der Waals surface area contributed by atoms with Crippen LogP contribution in [0.1, 0.15) is 71.6 Å². The highest BCUT2D eigenvalue weighted by Gasteiger charge is 2.30. The van der Waals surface area contributed by atoms with Crippen molar-refractivity contribution in [2.45, 2.75) is 77.7 Å². The van der Waals surface area contributed by atoms with E-state index in [0.29, 0.717) is 12.5 Å². The van der Waals surface area contributed by atoms with Crippen molar-refractivity contribution >= 4 is 6.09 Å². The second-order valence-electron chi connectivity index (χ2n) is 6.99. The third-order valence-electron chi connectivity index (χ3n) is 4.97. The van der Waals surface area contributed by atoms with Crippen molar-refractivity contribution in [3.05, 3.63) is 0 Å². The topological polar surface area (TPSA) is 43.8 Å². The van der Waals surface area contributed by atoms with E-state index >= 15 is 0 Å². The van der Waals surface area contributed by atoms with Gasteiger partial charge >= 0.3 is 6.09 Å². The molecule has 1 heterocycles. The molecule has 4 nitrogen and oxygen atoms in total. The van der Waals surface area contributed by atoms with Gasteiger partial charge in [0.05, 0.1) is 0 Å². The van der Waals surface area contributed by atoms with E-state index in [2.05, 4.69) is 25.8 Å². The molecule has 1 aliphatic rings. The Balaban J connectivity index is 2.53. The molecule has 1 N–H and O–H groups in total. The van der Waals surface area contributed by atoms with Crippen LogP contribution in [-0.4, -0.2) is 53.7 Å². The van der Waals surface area contributed by atoms with E-state index in [1.807, 2.05) is 0 Å². The molecule has 1 fully saturated rings. The van der Waals surface area contributed by atoms with Crippen LogP contribution in [0.25, 0.3) is 0 Å². The largest absolute Gasteiger partial charge is 0.465 e. The van der Waals surface area contributed by atoms with E-state index in [9.17, 15) is 9.90 Å². The molecule has 0 aromatic carbocycles. The van der Waals surface area contributed by atoms with Crippen molar-refractivity contribution in [2.75, 3.05) is 26.7 Å². The Bertz CT molecular complexity index is 309. The van der Waals surface area contributed by atoms with Crippen molar-refractivity contribution in [1.29, 1.82) is 0 Å². The van der Waals surface area contributed by atoms with Gasteiger partial charge in [-0.15, -0.1) is 0 Å². The maximum Gasteiger partial charge on any atom is 0.407 e. The highest BCUT2D eigenvalue weighted by molar-refractivity contribution is 5.65. The molecule has 0 saturated carbocycles. The van der Waals surface area contributed by atoms with E-state index in [-0.39, 0.29) is 6.04 Å². The number of hydrogen-bond donors (Lipinski definition) is 1. The fourth-order valence-corrected chi connectivity index (χ4v) is 3.58. The Morgan fingerprint density at radius 2 is 1.77 bits per heavy atom. The zero-order valence-electron chi connectivity index (χ0n) is 14.9. The zero-order chi connectivity index (χ0) is 16.4. The number of unbranched alkanes of at least 4 members (excludes halogenated alkanes) is 4. The standard InChI is InChI=1S/C18H36N2O2/c1-4-6-8-9-11-16(10-7-5-2)14-17-15-19(3)12-13-20(17)18(21)22/h16-17H,4-15H2,1-3H3,(H,21,22). The molecule has 0 aromatic rings. The predicted octanol–water partition coefficient (Wildman–Crippen LogP) is 4.45. The number of carboxylic acid groups (broad SMARTS) is 1. The molecular formula is C18H36N2O2. The molecule has 1 rings (SSSR count). The maximum atomic E-state index is 11.5. The van der Waals surface area contributed by atoms with Crippen LogP contribution in [0.3, 0.4) is 0 Å². The molecule has 2 unspecified atom stereocenters. The summed E-state index contributed by atoms with van der Waals surface area (Å²) in [7, 11) is 2.11. The number of nitrogens with zero attached hydrogens (tertiary/aromatic N) is 2. The summed E-state index contributed by atoms with van der Waals surface area (Å²) in [6, 6.07) is 0.185. The maximum absolute atomic E-state index is 11.5. The first-order valence-electron chi connectivity index (χ1n) is 9.26. The molecule has 4 heteroatoms. The SMILES string of the molecule is CCCCCCC(CCCC)CC1CN(C)CCN1C(=O)O. The summed E-state index contributed by atoms with van der Waals surface area (Å²) in [5, 5.41) is 9.44. The highest BCUT2D eigenvalue weighted by Crippen LogP contribution is 2.25. The van der Waals surface area contributed by atoms with Crippen LogP contribution in [0, 0.1) is 5.92 Å². The van der Waals surface area contributed by atoms with Gasteiger partial charge in [0, 0.05) is 25.7 Å². The Morgan fingerprint density at radius 1 is 1.09 bits per heavy atom. The van der Waals surface area contributed by atoms with Gasteiger partial charge in [0.25, 0.3) is 0 Å². The van der Waals surface area contributed by atoms with Crippen molar-refractivity contribution in [2.24, 2.45) is 5.92 Å². The molecule has 0 spiro atoms. The van der Waals surface area contributed by atoms with Crippen molar-refractivity contribution in [3.8, 4) is 0 Å². The van der Waals surface area contributed by atoms with E-state index in [1.165, 1.54) is 51.4 Å². The average Bonchev–Trinajstić information content (AvgIpc) is 2.48. The number of amides is 1. The van der Waals surface area contributed by atoms with Crippen molar-refractivity contribution in [1.82, 2.24) is 9.80 Å². The van der Waals surface area contributed by atoms with Crippen LogP contribution in [0.5, 0.6) is 0 Å². The summed E-state index contributed by atoms with van der Waals surface area (Å²) in [6.45, 7) is 6.90. The van der Waals surface area contributed by atoms with Gasteiger partial charge in [-0.1, -0.05) is 65.2 Å². The third-order valence-corrected chi connectivity index (χ3v) is 4.97. The molecule has 0 aliphatic carbocycles. The van der Waals surface area contributed by atoms with E-state index < -0.39 is 6.09 Å². The van der Waals surface area contributed by atoms with Gasteiger partial charge in [-0.2, -0.15) is 0 Å². The zero-order valence-corrected chi connectivity index (χ0v) is 14.9. The third kappa shape index (κ3) is 6.99. The average molecular weight is 312 g/mol. The second-order valence-corrected chi connectivity index (χ2v) is 6.99. The molecule has 1 amide bonds. The fraction of sp³-hybridized carbons (Fsp3) is 0.944. The molecule has 1 saturated heterocycles. The lowest BCUT2D eigenvalue weighted by molar-refractivity contribution is 0.0655. The molecule has 0 aromatic heterocycles. The number of piperazine rings is 1. The van der Waals surface area contributed by atoms with Crippen LogP contribution in [-0.2, 0) is 0 Å². The first kappa shape index (κ1) is 19.3. The van der Waals surface area contributed by atoms with E-state index in [0.717, 1.165) is 19.5 Å². The van der Waals surface area contributed by atoms with Gasteiger partial charge in [-0.05, 0) is 19.4 Å². The summed E-state index contributed by atoms with van der Waals surface area (Å²) in [5.74, 6) is 0.690. The summed E-state index contributed by atoms with van der Waals surface area (Å²) >= 11 is 0. The number of likely N-dealkylation sites (N-methyl/N-ethyl adjacent to an activating group) is 1. The normalized spacial score (nSPS) is 21.0. The lowest BCUT2D eigenvalue weighted by atomic mass is 9.88. The number of carbonyl (C=O) groups is 1. The minimum atomic E-state index is -0.738. The summed E-state index contributed by atoms with van der Waals surface area (Å²) in [6.07, 6.45) is 10.6. The summed E-state index contributed by atoms with van der Waals surface area (Å²) in [4.78, 5) is 15.4. The Labute approximate surface area is 136 Å². The lowest BCUT2D eigenvalue weighted by Crippen LogP contribution is -2.54. The quantitative estimate of drug-likeness (QED) is 0.606. The van der Waals surface area contributed by atoms with Gasteiger partial charge in [-0.25, -0.2) is 4.79 Å². The van der Waals surface area contributed by atoms with Crippen molar-refractivity contribution < 1.29 is 9.90 Å². The molecule has 1 aliphatic heterocycles. The van der Waals surface area contributed by atoms with E-state index in [1.54, 1.807) is 4.90 Å². The minimum absolute atomic E-state index is 0.185. The lowest BCUT2D eigenvalue weighted by Gasteiger charge is -2.40. The molecule has 130 valence electrons. The number of rotatable bonds is 10. The first-order chi connectivity index (χ1) is 10.6. The summed E-state index contributed by atoms with van der Waals surface area (Å²) in [5.41, 5.74) is 0. The monoisotopic (exact) mass is 312 g/mol. The van der Waals surface area contributed by atoms with Gasteiger partial charge in [0.1, 0.15) is 0 Å².